The normalized spacial score (nSPS) is 18.3. The first kappa shape index (κ1) is 12.2. The van der Waals surface area contributed by atoms with Gasteiger partial charge in [-0.15, -0.1) is 0 Å². The molecule has 0 fully saturated rings. The van der Waals surface area contributed by atoms with Crippen LogP contribution in [0.3, 0.4) is 0 Å². The van der Waals surface area contributed by atoms with Gasteiger partial charge in [0.15, 0.2) is 0 Å². The van der Waals surface area contributed by atoms with Crippen LogP contribution in [0.2, 0.25) is 0 Å². The lowest BCUT2D eigenvalue weighted by atomic mass is 9.88. The Morgan fingerprint density at radius 2 is 1.82 bits per heavy atom. The zero-order valence-corrected chi connectivity index (χ0v) is 11.5. The maximum atomic E-state index is 4.85. The van der Waals surface area contributed by atoms with E-state index in [1.54, 1.807) is 0 Å². The molecule has 1 aliphatic heterocycles. The SMILES string of the molecule is CC1(C)Cc2ccccc2C(NC(C)(C)C)=N1. The van der Waals surface area contributed by atoms with Crippen molar-refractivity contribution < 1.29 is 0 Å². The lowest BCUT2D eigenvalue weighted by Crippen LogP contribution is -2.45. The molecule has 1 aromatic rings. The Morgan fingerprint density at radius 3 is 2.47 bits per heavy atom. The number of amidine groups is 1. The van der Waals surface area contributed by atoms with Gasteiger partial charge >= 0.3 is 0 Å². The van der Waals surface area contributed by atoms with Crippen molar-refractivity contribution in [3.63, 3.8) is 0 Å². The van der Waals surface area contributed by atoms with Crippen LogP contribution >= 0.6 is 0 Å². The van der Waals surface area contributed by atoms with E-state index in [1.807, 2.05) is 0 Å². The summed E-state index contributed by atoms with van der Waals surface area (Å²) in [4.78, 5) is 4.85. The topological polar surface area (TPSA) is 24.4 Å². The van der Waals surface area contributed by atoms with Crippen LogP contribution in [0.5, 0.6) is 0 Å². The first-order valence-corrected chi connectivity index (χ1v) is 6.23. The lowest BCUT2D eigenvalue weighted by molar-refractivity contribution is 0.479. The summed E-state index contributed by atoms with van der Waals surface area (Å²) in [5.41, 5.74) is 2.67. The van der Waals surface area contributed by atoms with Gasteiger partial charge in [-0.3, -0.25) is 4.99 Å². The second-order valence-electron chi connectivity index (χ2n) is 6.48. The molecule has 0 radical (unpaired) electrons. The minimum atomic E-state index is -0.0120. The Morgan fingerprint density at radius 1 is 1.18 bits per heavy atom. The molecule has 1 aromatic carbocycles. The number of nitrogens with one attached hydrogen (secondary N) is 1. The predicted molar refractivity (Wildman–Crippen MR) is 73.7 cm³/mol. The first-order valence-electron chi connectivity index (χ1n) is 6.23. The van der Waals surface area contributed by atoms with E-state index in [1.165, 1.54) is 11.1 Å². The zero-order valence-electron chi connectivity index (χ0n) is 11.5. The van der Waals surface area contributed by atoms with E-state index in [2.05, 4.69) is 64.2 Å². The third-order valence-corrected chi connectivity index (χ3v) is 2.80. The number of aliphatic imine (C=N–C) groups is 1. The van der Waals surface area contributed by atoms with Gasteiger partial charge in [-0.25, -0.2) is 0 Å². The van der Waals surface area contributed by atoms with E-state index in [4.69, 9.17) is 4.99 Å². The molecule has 1 N–H and O–H groups in total. The quantitative estimate of drug-likeness (QED) is 0.727. The van der Waals surface area contributed by atoms with E-state index in [9.17, 15) is 0 Å². The monoisotopic (exact) mass is 230 g/mol. The summed E-state index contributed by atoms with van der Waals surface area (Å²) in [6.45, 7) is 10.9. The summed E-state index contributed by atoms with van der Waals surface area (Å²) in [7, 11) is 0. The molecule has 0 bridgehead atoms. The van der Waals surface area contributed by atoms with Gasteiger partial charge in [-0.05, 0) is 46.6 Å². The molecular weight excluding hydrogens is 208 g/mol. The van der Waals surface area contributed by atoms with Crippen LogP contribution in [0.1, 0.15) is 45.7 Å². The minimum absolute atomic E-state index is 0.0120. The van der Waals surface area contributed by atoms with Crippen LogP contribution in [0.25, 0.3) is 0 Å². The van der Waals surface area contributed by atoms with Gasteiger partial charge in [0.05, 0.1) is 5.54 Å². The molecule has 0 aromatic heterocycles. The molecule has 1 heterocycles. The molecule has 2 rings (SSSR count). The number of nitrogens with zero attached hydrogens (tertiary/aromatic N) is 1. The number of benzene rings is 1. The fraction of sp³-hybridized carbons (Fsp3) is 0.533. The highest BCUT2D eigenvalue weighted by Gasteiger charge is 2.27. The van der Waals surface area contributed by atoms with E-state index in [-0.39, 0.29) is 11.1 Å². The van der Waals surface area contributed by atoms with Crippen molar-refractivity contribution in [3.8, 4) is 0 Å². The second kappa shape index (κ2) is 3.86. The Balaban J connectivity index is 2.44. The molecule has 2 heteroatoms. The summed E-state index contributed by atoms with van der Waals surface area (Å²) in [5.74, 6) is 1.03. The number of hydrogen-bond donors (Lipinski definition) is 1. The molecule has 0 saturated heterocycles. The zero-order chi connectivity index (χ0) is 12.7. The Kier molecular flexibility index (Phi) is 2.76. The van der Waals surface area contributed by atoms with Crippen LogP contribution in [0.15, 0.2) is 29.3 Å². The first-order chi connectivity index (χ1) is 7.77. The summed E-state index contributed by atoms with van der Waals surface area (Å²) < 4.78 is 0. The van der Waals surface area contributed by atoms with Crippen LogP contribution in [-0.2, 0) is 6.42 Å². The highest BCUT2D eigenvalue weighted by Crippen LogP contribution is 2.26. The van der Waals surface area contributed by atoms with Crippen LogP contribution < -0.4 is 5.32 Å². The van der Waals surface area contributed by atoms with Gasteiger partial charge in [-0.2, -0.15) is 0 Å². The number of hydrogen-bond acceptors (Lipinski definition) is 2. The lowest BCUT2D eigenvalue weighted by Gasteiger charge is -2.32. The third kappa shape index (κ3) is 2.87. The molecule has 17 heavy (non-hydrogen) atoms. The molecule has 0 atom stereocenters. The van der Waals surface area contributed by atoms with Gasteiger partial charge in [0, 0.05) is 11.1 Å². The highest BCUT2D eigenvalue weighted by molar-refractivity contribution is 6.01. The van der Waals surface area contributed by atoms with Crippen LogP contribution in [-0.4, -0.2) is 16.9 Å². The summed E-state index contributed by atoms with van der Waals surface area (Å²) >= 11 is 0. The molecule has 2 nitrogen and oxygen atoms in total. The molecule has 1 aliphatic rings. The van der Waals surface area contributed by atoms with E-state index in [0.29, 0.717) is 0 Å². The van der Waals surface area contributed by atoms with Crippen molar-refractivity contribution in [3.05, 3.63) is 35.4 Å². The van der Waals surface area contributed by atoms with Gasteiger partial charge < -0.3 is 5.32 Å². The van der Waals surface area contributed by atoms with Crippen LogP contribution in [0, 0.1) is 0 Å². The van der Waals surface area contributed by atoms with E-state index >= 15 is 0 Å². The molecule has 0 unspecified atom stereocenters. The molecule has 0 spiro atoms. The second-order valence-corrected chi connectivity index (χ2v) is 6.48. The Labute approximate surface area is 104 Å². The predicted octanol–water partition coefficient (Wildman–Crippen LogP) is 3.16. The van der Waals surface area contributed by atoms with E-state index < -0.39 is 0 Å². The largest absolute Gasteiger partial charge is 0.365 e. The molecule has 92 valence electrons. The van der Waals surface area contributed by atoms with Crippen LogP contribution in [0.4, 0.5) is 0 Å². The maximum Gasteiger partial charge on any atom is 0.129 e. The Bertz CT molecular complexity index is 450. The maximum absolute atomic E-state index is 4.85. The summed E-state index contributed by atoms with van der Waals surface area (Å²) in [5, 5.41) is 3.52. The highest BCUT2D eigenvalue weighted by atomic mass is 15.1. The average Bonchev–Trinajstić information content (AvgIpc) is 2.13. The number of rotatable bonds is 0. The Hall–Kier alpha value is -1.31. The summed E-state index contributed by atoms with van der Waals surface area (Å²) in [6, 6.07) is 8.55. The molecule has 0 amide bonds. The smallest absolute Gasteiger partial charge is 0.129 e. The van der Waals surface area contributed by atoms with Crippen molar-refractivity contribution in [2.45, 2.75) is 52.1 Å². The van der Waals surface area contributed by atoms with Crippen molar-refractivity contribution in [1.82, 2.24) is 5.32 Å². The van der Waals surface area contributed by atoms with Gasteiger partial charge in [0.25, 0.3) is 0 Å². The van der Waals surface area contributed by atoms with E-state index in [0.717, 1.165) is 12.3 Å². The van der Waals surface area contributed by atoms with Crippen molar-refractivity contribution >= 4 is 5.84 Å². The fourth-order valence-electron chi connectivity index (χ4n) is 2.22. The molecular formula is C15H22N2. The molecule has 0 aliphatic carbocycles. The van der Waals surface area contributed by atoms with Gasteiger partial charge in [0.1, 0.15) is 5.84 Å². The van der Waals surface area contributed by atoms with Gasteiger partial charge in [0.2, 0.25) is 0 Å². The van der Waals surface area contributed by atoms with Gasteiger partial charge in [-0.1, -0.05) is 24.3 Å². The standard InChI is InChI=1S/C15H22N2/c1-14(2,3)16-13-12-9-7-6-8-11(12)10-15(4,5)17-13/h6-9H,10H2,1-5H3,(H,16,17). The third-order valence-electron chi connectivity index (χ3n) is 2.80. The average molecular weight is 230 g/mol. The van der Waals surface area contributed by atoms with Crippen molar-refractivity contribution in [1.29, 1.82) is 0 Å². The van der Waals surface area contributed by atoms with Crippen molar-refractivity contribution in [2.75, 3.05) is 0 Å². The minimum Gasteiger partial charge on any atom is -0.365 e. The van der Waals surface area contributed by atoms with Crippen molar-refractivity contribution in [2.24, 2.45) is 4.99 Å². The number of fused-ring (bicyclic) bond motifs is 1. The molecule has 0 saturated carbocycles. The fourth-order valence-corrected chi connectivity index (χ4v) is 2.22. The summed E-state index contributed by atoms with van der Waals surface area (Å²) in [6.07, 6.45) is 1.01.